The number of carbonyl (C=O) groups is 1. The first-order chi connectivity index (χ1) is 7.12. The Morgan fingerprint density at radius 3 is 2.00 bits per heavy atom. The van der Waals surface area contributed by atoms with Crippen LogP contribution in [0.4, 0.5) is 0 Å². The summed E-state index contributed by atoms with van der Waals surface area (Å²) in [6.45, 7) is 0.0317. The van der Waals surface area contributed by atoms with Crippen LogP contribution >= 0.6 is 0 Å². The minimum Gasteiger partial charge on any atom is -0.388 e. The van der Waals surface area contributed by atoms with E-state index in [0.717, 1.165) is 0 Å². The SMILES string of the molecule is COC[C@@H](O)[C@H](OC)[C@H](OC)[C@@H](O)C=O. The highest BCUT2D eigenvalue weighted by molar-refractivity contribution is 5.56. The van der Waals surface area contributed by atoms with Crippen molar-refractivity contribution in [3.8, 4) is 0 Å². The van der Waals surface area contributed by atoms with Crippen molar-refractivity contribution >= 4 is 6.29 Å². The number of rotatable bonds is 8. The van der Waals surface area contributed by atoms with Gasteiger partial charge in [0.15, 0.2) is 6.29 Å². The summed E-state index contributed by atoms with van der Waals surface area (Å²) in [5.41, 5.74) is 0. The number of methoxy groups -OCH3 is 3. The minimum absolute atomic E-state index is 0.0317. The van der Waals surface area contributed by atoms with Crippen LogP contribution in [0.1, 0.15) is 0 Å². The van der Waals surface area contributed by atoms with Gasteiger partial charge in [0.2, 0.25) is 0 Å². The van der Waals surface area contributed by atoms with Crippen LogP contribution in [0.5, 0.6) is 0 Å². The fourth-order valence-electron chi connectivity index (χ4n) is 1.32. The molecule has 15 heavy (non-hydrogen) atoms. The summed E-state index contributed by atoms with van der Waals surface area (Å²) >= 11 is 0. The zero-order valence-corrected chi connectivity index (χ0v) is 9.12. The second-order valence-corrected chi connectivity index (χ2v) is 3.05. The molecular weight excluding hydrogens is 204 g/mol. The van der Waals surface area contributed by atoms with Crippen molar-refractivity contribution in [1.82, 2.24) is 0 Å². The second kappa shape index (κ2) is 7.72. The third kappa shape index (κ3) is 4.23. The molecule has 0 aromatic heterocycles. The van der Waals surface area contributed by atoms with Crippen LogP contribution in [-0.4, -0.2) is 68.9 Å². The fraction of sp³-hybridized carbons (Fsp3) is 0.889. The molecule has 0 bridgehead atoms. The lowest BCUT2D eigenvalue weighted by atomic mass is 10.0. The summed E-state index contributed by atoms with van der Waals surface area (Å²) < 4.78 is 14.6. The molecule has 6 nitrogen and oxygen atoms in total. The molecule has 0 aromatic rings. The monoisotopic (exact) mass is 222 g/mol. The van der Waals surface area contributed by atoms with Crippen LogP contribution in [0.3, 0.4) is 0 Å². The van der Waals surface area contributed by atoms with Crippen LogP contribution in [0.2, 0.25) is 0 Å². The van der Waals surface area contributed by atoms with Crippen molar-refractivity contribution < 1.29 is 29.2 Å². The van der Waals surface area contributed by atoms with E-state index in [1.807, 2.05) is 0 Å². The van der Waals surface area contributed by atoms with Crippen LogP contribution in [-0.2, 0) is 19.0 Å². The van der Waals surface area contributed by atoms with Crippen molar-refractivity contribution in [2.45, 2.75) is 24.4 Å². The molecule has 0 saturated carbocycles. The molecule has 0 aliphatic heterocycles. The molecule has 0 saturated heterocycles. The van der Waals surface area contributed by atoms with Gasteiger partial charge in [-0.2, -0.15) is 0 Å². The largest absolute Gasteiger partial charge is 0.388 e. The summed E-state index contributed by atoms with van der Waals surface area (Å²) in [6, 6.07) is 0. The molecule has 90 valence electrons. The zero-order chi connectivity index (χ0) is 11.8. The van der Waals surface area contributed by atoms with E-state index in [1.165, 1.54) is 21.3 Å². The highest BCUT2D eigenvalue weighted by Crippen LogP contribution is 2.11. The Hall–Kier alpha value is -0.530. The molecule has 6 heteroatoms. The van der Waals surface area contributed by atoms with Gasteiger partial charge in [-0.3, -0.25) is 0 Å². The molecule has 0 radical (unpaired) electrons. The molecule has 0 spiro atoms. The lowest BCUT2D eigenvalue weighted by molar-refractivity contribution is -0.151. The Morgan fingerprint density at radius 1 is 1.13 bits per heavy atom. The first kappa shape index (κ1) is 14.5. The molecule has 0 amide bonds. The van der Waals surface area contributed by atoms with E-state index in [1.54, 1.807) is 0 Å². The van der Waals surface area contributed by atoms with E-state index in [0.29, 0.717) is 6.29 Å². The van der Waals surface area contributed by atoms with E-state index >= 15 is 0 Å². The molecule has 0 fully saturated rings. The summed E-state index contributed by atoms with van der Waals surface area (Å²) in [5.74, 6) is 0. The van der Waals surface area contributed by atoms with E-state index in [4.69, 9.17) is 14.2 Å². The molecule has 2 N–H and O–H groups in total. The number of hydrogen-bond acceptors (Lipinski definition) is 6. The number of aldehydes is 1. The van der Waals surface area contributed by atoms with Crippen molar-refractivity contribution in [1.29, 1.82) is 0 Å². The first-order valence-electron chi connectivity index (χ1n) is 4.48. The third-order valence-electron chi connectivity index (χ3n) is 2.06. The third-order valence-corrected chi connectivity index (χ3v) is 2.06. The van der Waals surface area contributed by atoms with E-state index in [-0.39, 0.29) is 6.61 Å². The molecule has 0 rings (SSSR count). The van der Waals surface area contributed by atoms with Gasteiger partial charge in [0.1, 0.15) is 24.4 Å². The van der Waals surface area contributed by atoms with Gasteiger partial charge in [0.05, 0.1) is 6.61 Å². The molecular formula is C9H18O6. The van der Waals surface area contributed by atoms with E-state index in [9.17, 15) is 15.0 Å². The lowest BCUT2D eigenvalue weighted by Crippen LogP contribution is -2.48. The Bertz CT molecular complexity index is 174. The second-order valence-electron chi connectivity index (χ2n) is 3.05. The van der Waals surface area contributed by atoms with Gasteiger partial charge in [-0.1, -0.05) is 0 Å². The summed E-state index contributed by atoms with van der Waals surface area (Å²) in [4.78, 5) is 10.4. The average Bonchev–Trinajstić information content (AvgIpc) is 2.24. The number of aliphatic hydroxyl groups excluding tert-OH is 2. The van der Waals surface area contributed by atoms with Crippen LogP contribution < -0.4 is 0 Å². The maximum Gasteiger partial charge on any atom is 0.151 e. The van der Waals surface area contributed by atoms with Crippen molar-refractivity contribution in [2.24, 2.45) is 0 Å². The number of carbonyl (C=O) groups excluding carboxylic acids is 1. The summed E-state index contributed by atoms with van der Waals surface area (Å²) in [6.07, 6.45) is -3.72. The molecule has 0 aliphatic carbocycles. The predicted molar refractivity (Wildman–Crippen MR) is 51.5 cm³/mol. The first-order valence-corrected chi connectivity index (χ1v) is 4.48. The Morgan fingerprint density at radius 2 is 1.67 bits per heavy atom. The number of ether oxygens (including phenoxy) is 3. The van der Waals surface area contributed by atoms with Gasteiger partial charge in [0.25, 0.3) is 0 Å². The topological polar surface area (TPSA) is 85.2 Å². The highest BCUT2D eigenvalue weighted by Gasteiger charge is 2.33. The Kier molecular flexibility index (Phi) is 7.45. The maximum atomic E-state index is 10.4. The normalized spacial score (nSPS) is 19.3. The van der Waals surface area contributed by atoms with Crippen molar-refractivity contribution in [2.75, 3.05) is 27.9 Å². The quantitative estimate of drug-likeness (QED) is 0.490. The molecule has 0 heterocycles. The van der Waals surface area contributed by atoms with Crippen LogP contribution in [0.15, 0.2) is 0 Å². The van der Waals surface area contributed by atoms with E-state index < -0.39 is 24.4 Å². The van der Waals surface area contributed by atoms with Gasteiger partial charge < -0.3 is 29.2 Å². The standard InChI is InChI=1S/C9H18O6/c1-13-5-7(12)9(15-3)8(14-2)6(11)4-10/h4,6-9,11-12H,5H2,1-3H3/t6-,7+,8+,9-/m0/s1. The fourth-order valence-corrected chi connectivity index (χ4v) is 1.32. The molecule has 4 atom stereocenters. The zero-order valence-electron chi connectivity index (χ0n) is 9.12. The smallest absolute Gasteiger partial charge is 0.151 e. The van der Waals surface area contributed by atoms with Crippen molar-refractivity contribution in [3.05, 3.63) is 0 Å². The average molecular weight is 222 g/mol. The number of hydrogen-bond donors (Lipinski definition) is 2. The van der Waals surface area contributed by atoms with Crippen molar-refractivity contribution in [3.63, 3.8) is 0 Å². The molecule has 0 aromatic carbocycles. The molecule has 0 unspecified atom stereocenters. The highest BCUT2D eigenvalue weighted by atomic mass is 16.6. The van der Waals surface area contributed by atoms with Gasteiger partial charge in [-0.05, 0) is 0 Å². The lowest BCUT2D eigenvalue weighted by Gasteiger charge is -2.29. The Balaban J connectivity index is 4.51. The van der Waals surface area contributed by atoms with Gasteiger partial charge in [-0.15, -0.1) is 0 Å². The van der Waals surface area contributed by atoms with Gasteiger partial charge in [0, 0.05) is 21.3 Å². The summed E-state index contributed by atoms with van der Waals surface area (Å²) in [5, 5.41) is 18.9. The maximum absolute atomic E-state index is 10.4. The predicted octanol–water partition coefficient (Wildman–Crippen LogP) is -1.42. The Labute approximate surface area is 88.7 Å². The van der Waals surface area contributed by atoms with Crippen LogP contribution in [0.25, 0.3) is 0 Å². The molecule has 0 aliphatic rings. The van der Waals surface area contributed by atoms with Gasteiger partial charge >= 0.3 is 0 Å². The van der Waals surface area contributed by atoms with E-state index in [2.05, 4.69) is 0 Å². The minimum atomic E-state index is -1.34. The van der Waals surface area contributed by atoms with Gasteiger partial charge in [-0.25, -0.2) is 0 Å². The summed E-state index contributed by atoms with van der Waals surface area (Å²) in [7, 11) is 4.10. The number of aliphatic hydroxyl groups is 2. The van der Waals surface area contributed by atoms with Crippen LogP contribution in [0, 0.1) is 0 Å².